The standard InChI is InChI=1S/C37H38ClNO6S/c1-36(2)18-27-33(29(40)20-36)32(34-28(19-37(3,4)21-30(34)41)39(27)22-23-12-8-6-9-13-23)24-16-26(38)35(31(17-24)44-5)45-46(42,43)25-14-10-7-11-15-25/h6-17,32H,18-22H2,1-5H3. The van der Waals surface area contributed by atoms with Gasteiger partial charge in [0.2, 0.25) is 5.75 Å². The first kappa shape index (κ1) is 32.1. The molecule has 1 heterocycles. The van der Waals surface area contributed by atoms with Gasteiger partial charge in [-0.3, -0.25) is 9.59 Å². The van der Waals surface area contributed by atoms with Gasteiger partial charge in [-0.05, 0) is 59.1 Å². The van der Waals surface area contributed by atoms with Crippen LogP contribution >= 0.6 is 11.6 Å². The van der Waals surface area contributed by atoms with E-state index >= 15 is 0 Å². The van der Waals surface area contributed by atoms with E-state index in [4.69, 9.17) is 20.5 Å². The van der Waals surface area contributed by atoms with Crippen LogP contribution in [0.15, 0.2) is 100 Å². The molecule has 0 amide bonds. The molecule has 0 aromatic heterocycles. The van der Waals surface area contributed by atoms with Gasteiger partial charge in [0.05, 0.1) is 12.1 Å². The Morgan fingerprint density at radius 2 is 1.33 bits per heavy atom. The highest BCUT2D eigenvalue weighted by Gasteiger charge is 2.49. The Kier molecular flexibility index (Phi) is 8.18. The van der Waals surface area contributed by atoms with E-state index in [1.165, 1.54) is 19.2 Å². The lowest BCUT2D eigenvalue weighted by molar-refractivity contribution is -0.119. The summed E-state index contributed by atoms with van der Waals surface area (Å²) < 4.78 is 37.4. The van der Waals surface area contributed by atoms with Gasteiger partial charge in [-0.1, -0.05) is 87.8 Å². The van der Waals surface area contributed by atoms with Crippen molar-refractivity contribution in [3.05, 3.63) is 111 Å². The van der Waals surface area contributed by atoms with Gasteiger partial charge in [-0.2, -0.15) is 8.42 Å². The van der Waals surface area contributed by atoms with E-state index < -0.39 is 16.0 Å². The van der Waals surface area contributed by atoms with Crippen LogP contribution in [0.5, 0.6) is 11.5 Å². The number of hydrogen-bond donors (Lipinski definition) is 0. The lowest BCUT2D eigenvalue weighted by Crippen LogP contribution is -2.44. The Morgan fingerprint density at radius 3 is 1.85 bits per heavy atom. The molecule has 0 N–H and O–H groups in total. The molecule has 3 aliphatic rings. The minimum atomic E-state index is -4.22. The first-order valence-corrected chi connectivity index (χ1v) is 17.2. The third kappa shape index (κ3) is 6.00. The summed E-state index contributed by atoms with van der Waals surface area (Å²) >= 11 is 6.79. The van der Waals surface area contributed by atoms with Crippen LogP contribution < -0.4 is 8.92 Å². The van der Waals surface area contributed by atoms with Crippen molar-refractivity contribution in [3.8, 4) is 11.5 Å². The van der Waals surface area contributed by atoms with Crippen LogP contribution in [0.1, 0.15) is 70.4 Å². The molecule has 240 valence electrons. The number of allylic oxidation sites excluding steroid dienone is 4. The molecule has 0 spiro atoms. The Hall–Kier alpha value is -3.88. The van der Waals surface area contributed by atoms with Crippen LogP contribution in [0.4, 0.5) is 0 Å². The largest absolute Gasteiger partial charge is 0.493 e. The van der Waals surface area contributed by atoms with Crippen LogP contribution in [0, 0.1) is 10.8 Å². The van der Waals surface area contributed by atoms with Gasteiger partial charge in [-0.25, -0.2) is 0 Å². The number of carbonyl (C=O) groups is 2. The number of Topliss-reactive ketones (excluding diaryl/α,β-unsaturated/α-hetero) is 2. The van der Waals surface area contributed by atoms with Gasteiger partial charge in [0, 0.05) is 47.8 Å². The van der Waals surface area contributed by atoms with Crippen molar-refractivity contribution in [3.63, 3.8) is 0 Å². The van der Waals surface area contributed by atoms with Crippen molar-refractivity contribution < 1.29 is 26.9 Å². The summed E-state index contributed by atoms with van der Waals surface area (Å²) in [5, 5.41) is -0.00273. The second kappa shape index (κ2) is 11.7. The molecule has 3 aromatic carbocycles. The number of ketones is 2. The average Bonchev–Trinajstić information content (AvgIpc) is 2.98. The zero-order valence-electron chi connectivity index (χ0n) is 26.7. The molecule has 2 aliphatic carbocycles. The topological polar surface area (TPSA) is 90.0 Å². The molecule has 0 unspecified atom stereocenters. The number of rotatable bonds is 7. The van der Waals surface area contributed by atoms with E-state index in [0.717, 1.165) is 17.0 Å². The Morgan fingerprint density at radius 1 is 0.804 bits per heavy atom. The second-order valence-electron chi connectivity index (χ2n) is 14.0. The van der Waals surface area contributed by atoms with E-state index in [1.807, 2.05) is 18.2 Å². The minimum absolute atomic E-state index is 0.00273. The molecule has 6 rings (SSSR count). The molecule has 0 bridgehead atoms. The summed E-state index contributed by atoms with van der Waals surface area (Å²) in [4.78, 5) is 30.6. The molecule has 9 heteroatoms. The maximum absolute atomic E-state index is 14.2. The molecule has 0 saturated carbocycles. The summed E-state index contributed by atoms with van der Waals surface area (Å²) in [6.45, 7) is 8.94. The highest BCUT2D eigenvalue weighted by atomic mass is 35.5. The normalized spacial score (nSPS) is 19.6. The second-order valence-corrected chi connectivity index (χ2v) is 15.9. The monoisotopic (exact) mass is 659 g/mol. The fourth-order valence-electron chi connectivity index (χ4n) is 7.07. The van der Waals surface area contributed by atoms with Crippen molar-refractivity contribution in [2.75, 3.05) is 7.11 Å². The summed E-state index contributed by atoms with van der Waals surface area (Å²) in [6, 6.07) is 21.1. The van der Waals surface area contributed by atoms with E-state index in [1.54, 1.807) is 30.3 Å². The van der Waals surface area contributed by atoms with Gasteiger partial charge in [0.1, 0.15) is 4.90 Å². The van der Waals surface area contributed by atoms with Gasteiger partial charge >= 0.3 is 10.1 Å². The predicted molar refractivity (Wildman–Crippen MR) is 177 cm³/mol. The number of methoxy groups -OCH3 is 1. The summed E-state index contributed by atoms with van der Waals surface area (Å²) in [5.74, 6) is -0.782. The maximum atomic E-state index is 14.2. The minimum Gasteiger partial charge on any atom is -0.493 e. The van der Waals surface area contributed by atoms with E-state index in [9.17, 15) is 18.0 Å². The summed E-state index contributed by atoms with van der Waals surface area (Å²) in [7, 11) is -2.82. The Bertz CT molecular complexity index is 1840. The van der Waals surface area contributed by atoms with E-state index in [2.05, 4.69) is 44.7 Å². The average molecular weight is 660 g/mol. The molecule has 7 nitrogen and oxygen atoms in total. The van der Waals surface area contributed by atoms with Crippen molar-refractivity contribution in [1.29, 1.82) is 0 Å². The number of hydrogen-bond acceptors (Lipinski definition) is 7. The predicted octanol–water partition coefficient (Wildman–Crippen LogP) is 8.00. The fourth-order valence-corrected chi connectivity index (χ4v) is 8.35. The highest BCUT2D eigenvalue weighted by Crippen LogP contribution is 2.56. The summed E-state index contributed by atoms with van der Waals surface area (Å²) in [6.07, 6.45) is 1.99. The quantitative estimate of drug-likeness (QED) is 0.237. The molecular weight excluding hydrogens is 622 g/mol. The van der Waals surface area contributed by atoms with Gasteiger partial charge in [0.15, 0.2) is 17.3 Å². The maximum Gasteiger partial charge on any atom is 0.339 e. The number of ether oxygens (including phenoxy) is 1. The van der Waals surface area contributed by atoms with E-state index in [0.29, 0.717) is 48.9 Å². The fraction of sp³-hybridized carbons (Fsp3) is 0.351. The molecular formula is C37H38ClNO6S. The first-order valence-electron chi connectivity index (χ1n) is 15.4. The lowest BCUT2D eigenvalue weighted by atomic mass is 9.63. The Balaban J connectivity index is 1.54. The SMILES string of the molecule is COc1cc(C2C3=C(CC(C)(C)CC3=O)N(Cc3ccccc3)C3=C2C(=O)CC(C)(C)C3)cc(Cl)c1OS(=O)(=O)c1ccccc1. The smallest absolute Gasteiger partial charge is 0.339 e. The summed E-state index contributed by atoms with van der Waals surface area (Å²) in [5.41, 5.74) is 4.12. The van der Waals surface area contributed by atoms with Crippen molar-refractivity contribution in [1.82, 2.24) is 4.90 Å². The number of nitrogens with zero attached hydrogens (tertiary/aromatic N) is 1. The van der Waals surface area contributed by atoms with Gasteiger partial charge in [0.25, 0.3) is 0 Å². The zero-order valence-corrected chi connectivity index (χ0v) is 28.3. The molecule has 46 heavy (non-hydrogen) atoms. The molecule has 3 aromatic rings. The van der Waals surface area contributed by atoms with Crippen molar-refractivity contribution in [2.24, 2.45) is 10.8 Å². The van der Waals surface area contributed by atoms with Crippen LogP contribution in [0.2, 0.25) is 5.02 Å². The molecule has 0 radical (unpaired) electrons. The third-order valence-electron chi connectivity index (χ3n) is 9.02. The number of benzene rings is 3. The lowest BCUT2D eigenvalue weighted by Gasteiger charge is -2.49. The molecule has 0 atom stereocenters. The van der Waals surface area contributed by atoms with E-state index in [-0.39, 0.29) is 43.8 Å². The zero-order chi connectivity index (χ0) is 33.0. The number of halogens is 1. The van der Waals surface area contributed by atoms with Crippen molar-refractivity contribution in [2.45, 2.75) is 70.7 Å². The van der Waals surface area contributed by atoms with Crippen LogP contribution in [0.3, 0.4) is 0 Å². The van der Waals surface area contributed by atoms with Crippen LogP contribution in [-0.4, -0.2) is 32.0 Å². The van der Waals surface area contributed by atoms with Crippen LogP contribution in [-0.2, 0) is 26.3 Å². The third-order valence-corrected chi connectivity index (χ3v) is 10.5. The van der Waals surface area contributed by atoms with Gasteiger partial charge in [-0.15, -0.1) is 0 Å². The molecule has 1 aliphatic heterocycles. The Labute approximate surface area is 276 Å². The van der Waals surface area contributed by atoms with Gasteiger partial charge < -0.3 is 13.8 Å². The first-order chi connectivity index (χ1) is 21.7. The van der Waals surface area contributed by atoms with Crippen LogP contribution in [0.25, 0.3) is 0 Å². The molecule has 0 saturated heterocycles. The number of carbonyl (C=O) groups excluding carboxylic acids is 2. The highest BCUT2D eigenvalue weighted by molar-refractivity contribution is 7.87. The molecule has 0 fully saturated rings. The van der Waals surface area contributed by atoms with Crippen molar-refractivity contribution >= 4 is 33.3 Å².